The lowest BCUT2D eigenvalue weighted by Crippen LogP contribution is -2.31. The minimum atomic E-state index is -3.88. The van der Waals surface area contributed by atoms with Gasteiger partial charge in [-0.15, -0.1) is 0 Å². The van der Waals surface area contributed by atoms with E-state index in [1.807, 2.05) is 0 Å². The number of carbonyl (C=O) groups is 1. The van der Waals surface area contributed by atoms with Crippen LogP contribution < -0.4 is 5.43 Å². The number of ether oxygens (including phenoxy) is 1. The molecule has 0 aliphatic heterocycles. The lowest BCUT2D eigenvalue weighted by atomic mass is 9.99. The van der Waals surface area contributed by atoms with Crippen LogP contribution in [-0.2, 0) is 14.6 Å². The molecule has 0 amide bonds. The molecule has 1 aliphatic rings. The molecule has 0 radical (unpaired) electrons. The van der Waals surface area contributed by atoms with Crippen molar-refractivity contribution >= 4 is 26.8 Å². The van der Waals surface area contributed by atoms with Crippen molar-refractivity contribution in [2.75, 3.05) is 13.4 Å². The third-order valence-corrected chi connectivity index (χ3v) is 7.51. The standard InChI is InChI=1S/C24H26N2O6S/c1-14-9-12-18-21(28)19(22(33(3,30)31)15-7-5-4-6-8-15)20(24(29)32-2)26(23(18)25-14)16-10-11-17(27)13-16/h4-9,12,16-17,22,27H,10-11,13H2,1-3H3/t16?,17?,22-/m1/s1. The molecule has 174 valence electrons. The fraction of sp³-hybridized carbons (Fsp3) is 0.375. The van der Waals surface area contributed by atoms with Crippen molar-refractivity contribution in [1.82, 2.24) is 9.55 Å². The maximum atomic E-state index is 13.8. The number of esters is 1. The fourth-order valence-corrected chi connectivity index (χ4v) is 6.02. The zero-order chi connectivity index (χ0) is 23.9. The summed E-state index contributed by atoms with van der Waals surface area (Å²) in [5.74, 6) is -0.821. The fourth-order valence-electron chi connectivity index (χ4n) is 4.72. The molecule has 1 fully saturated rings. The molecule has 33 heavy (non-hydrogen) atoms. The number of aryl methyl sites for hydroxylation is 1. The number of rotatable bonds is 5. The molecule has 2 unspecified atom stereocenters. The predicted molar refractivity (Wildman–Crippen MR) is 124 cm³/mol. The van der Waals surface area contributed by atoms with Gasteiger partial charge in [-0.2, -0.15) is 0 Å². The Morgan fingerprint density at radius 3 is 2.45 bits per heavy atom. The molecule has 3 atom stereocenters. The van der Waals surface area contributed by atoms with E-state index in [0.29, 0.717) is 30.5 Å². The highest BCUT2D eigenvalue weighted by Gasteiger charge is 2.38. The minimum Gasteiger partial charge on any atom is -0.464 e. The number of hydrogen-bond acceptors (Lipinski definition) is 7. The lowest BCUT2D eigenvalue weighted by molar-refractivity contribution is 0.0583. The van der Waals surface area contributed by atoms with Gasteiger partial charge in [-0.1, -0.05) is 30.3 Å². The highest BCUT2D eigenvalue weighted by atomic mass is 32.2. The number of methoxy groups -OCH3 is 1. The molecule has 8 nitrogen and oxygen atoms in total. The maximum absolute atomic E-state index is 13.8. The molecular weight excluding hydrogens is 444 g/mol. The first-order valence-corrected chi connectivity index (χ1v) is 12.6. The summed E-state index contributed by atoms with van der Waals surface area (Å²) in [7, 11) is -2.69. The van der Waals surface area contributed by atoms with Gasteiger partial charge in [-0.3, -0.25) is 4.79 Å². The summed E-state index contributed by atoms with van der Waals surface area (Å²) < 4.78 is 32.8. The molecule has 9 heteroatoms. The second-order valence-corrected chi connectivity index (χ2v) is 10.6. The first-order valence-electron chi connectivity index (χ1n) is 10.7. The van der Waals surface area contributed by atoms with E-state index in [0.717, 1.165) is 6.26 Å². The number of hydrogen-bond donors (Lipinski definition) is 1. The van der Waals surface area contributed by atoms with Crippen molar-refractivity contribution in [3.05, 3.63) is 75.2 Å². The summed E-state index contributed by atoms with van der Waals surface area (Å²) in [6.45, 7) is 1.77. The van der Waals surface area contributed by atoms with Gasteiger partial charge in [0.25, 0.3) is 0 Å². The molecule has 1 aromatic carbocycles. The van der Waals surface area contributed by atoms with Crippen LogP contribution >= 0.6 is 0 Å². The Balaban J connectivity index is 2.20. The Kier molecular flexibility index (Phi) is 6.11. The number of aliphatic hydroxyl groups excluding tert-OH is 1. The monoisotopic (exact) mass is 470 g/mol. The van der Waals surface area contributed by atoms with Crippen LogP contribution in [0.2, 0.25) is 0 Å². The second-order valence-electron chi connectivity index (χ2n) is 8.52. The molecule has 0 spiro atoms. The van der Waals surface area contributed by atoms with Gasteiger partial charge in [-0.25, -0.2) is 18.2 Å². The van der Waals surface area contributed by atoms with E-state index in [1.54, 1.807) is 54.0 Å². The Bertz CT molecular complexity index is 1380. The summed E-state index contributed by atoms with van der Waals surface area (Å²) in [6, 6.07) is 11.3. The van der Waals surface area contributed by atoms with Crippen molar-refractivity contribution in [3.8, 4) is 0 Å². The van der Waals surface area contributed by atoms with E-state index >= 15 is 0 Å². The SMILES string of the molecule is COC(=O)c1c([C@@H](c2ccccc2)S(C)(=O)=O)c(=O)c2ccc(C)nc2n1C1CCC(O)C1. The van der Waals surface area contributed by atoms with Crippen molar-refractivity contribution in [2.45, 2.75) is 43.6 Å². The molecular formula is C24H26N2O6S. The van der Waals surface area contributed by atoms with Crippen molar-refractivity contribution < 1.29 is 23.1 Å². The average Bonchev–Trinajstić information content (AvgIpc) is 3.20. The van der Waals surface area contributed by atoms with E-state index in [2.05, 4.69) is 4.98 Å². The van der Waals surface area contributed by atoms with Gasteiger partial charge in [0, 0.05) is 18.0 Å². The van der Waals surface area contributed by atoms with Crippen LogP contribution in [0, 0.1) is 6.92 Å². The minimum absolute atomic E-state index is 0.133. The van der Waals surface area contributed by atoms with E-state index in [1.165, 1.54) is 7.11 Å². The number of aromatic nitrogens is 2. The van der Waals surface area contributed by atoms with E-state index in [9.17, 15) is 23.1 Å². The summed E-state index contributed by atoms with van der Waals surface area (Å²) in [5, 5.41) is 9.05. The van der Waals surface area contributed by atoms with Gasteiger partial charge in [0.2, 0.25) is 0 Å². The van der Waals surface area contributed by atoms with Crippen LogP contribution in [0.25, 0.3) is 11.0 Å². The topological polar surface area (TPSA) is 116 Å². The molecule has 4 rings (SSSR count). The Labute approximate surface area is 191 Å². The zero-order valence-corrected chi connectivity index (χ0v) is 19.5. The first kappa shape index (κ1) is 23.1. The molecule has 2 aromatic heterocycles. The predicted octanol–water partition coefficient (Wildman–Crippen LogP) is 2.71. The highest BCUT2D eigenvalue weighted by Crippen LogP contribution is 2.37. The summed E-state index contributed by atoms with van der Waals surface area (Å²) in [4.78, 5) is 31.5. The van der Waals surface area contributed by atoms with Gasteiger partial charge >= 0.3 is 5.97 Å². The normalized spacial score (nSPS) is 19.5. The lowest BCUT2D eigenvalue weighted by Gasteiger charge is -2.26. The third-order valence-electron chi connectivity index (χ3n) is 6.14. The zero-order valence-electron chi connectivity index (χ0n) is 18.7. The quantitative estimate of drug-likeness (QED) is 0.570. The van der Waals surface area contributed by atoms with Gasteiger partial charge in [0.05, 0.1) is 24.2 Å². The smallest absolute Gasteiger partial charge is 0.355 e. The number of nitrogens with zero attached hydrogens (tertiary/aromatic N) is 2. The van der Waals surface area contributed by atoms with Gasteiger partial charge in [-0.05, 0) is 43.9 Å². The highest BCUT2D eigenvalue weighted by molar-refractivity contribution is 7.91. The number of benzene rings is 1. The molecule has 1 aliphatic carbocycles. The van der Waals surface area contributed by atoms with Crippen LogP contribution in [0.1, 0.15) is 57.9 Å². The molecule has 3 aromatic rings. The Morgan fingerprint density at radius 2 is 1.88 bits per heavy atom. The summed E-state index contributed by atoms with van der Waals surface area (Å²) in [5.41, 5.74) is 0.428. The number of fused-ring (bicyclic) bond motifs is 1. The van der Waals surface area contributed by atoms with Crippen LogP contribution in [-0.4, -0.2) is 48.5 Å². The van der Waals surface area contributed by atoms with Crippen LogP contribution in [0.5, 0.6) is 0 Å². The van der Waals surface area contributed by atoms with Crippen molar-refractivity contribution in [1.29, 1.82) is 0 Å². The van der Waals surface area contributed by atoms with E-state index in [4.69, 9.17) is 4.74 Å². The molecule has 2 heterocycles. The summed E-state index contributed by atoms with van der Waals surface area (Å²) in [6.07, 6.45) is 1.91. The van der Waals surface area contributed by atoms with Gasteiger partial charge < -0.3 is 14.4 Å². The number of pyridine rings is 2. The molecule has 0 bridgehead atoms. The summed E-state index contributed by atoms with van der Waals surface area (Å²) >= 11 is 0. The van der Waals surface area contributed by atoms with Gasteiger partial charge in [0.15, 0.2) is 15.3 Å². The first-order chi connectivity index (χ1) is 15.6. The van der Waals surface area contributed by atoms with Crippen molar-refractivity contribution in [2.24, 2.45) is 0 Å². The van der Waals surface area contributed by atoms with E-state index in [-0.39, 0.29) is 28.3 Å². The third kappa shape index (κ3) is 4.18. The molecule has 1 saturated carbocycles. The number of carbonyl (C=O) groups excluding carboxylic acids is 1. The van der Waals surface area contributed by atoms with Crippen molar-refractivity contribution in [3.63, 3.8) is 0 Å². The number of aliphatic hydroxyl groups is 1. The number of sulfone groups is 1. The molecule has 1 N–H and O–H groups in total. The van der Waals surface area contributed by atoms with Gasteiger partial charge in [0.1, 0.15) is 16.6 Å². The van der Waals surface area contributed by atoms with Crippen LogP contribution in [0.4, 0.5) is 0 Å². The maximum Gasteiger partial charge on any atom is 0.355 e. The Hall–Kier alpha value is -3.04. The largest absolute Gasteiger partial charge is 0.464 e. The Morgan fingerprint density at radius 1 is 1.18 bits per heavy atom. The van der Waals surface area contributed by atoms with Crippen LogP contribution in [0.15, 0.2) is 47.3 Å². The average molecular weight is 471 g/mol. The molecule has 0 saturated heterocycles. The van der Waals surface area contributed by atoms with E-state index < -0.39 is 32.6 Å². The second kappa shape index (κ2) is 8.72. The van der Waals surface area contributed by atoms with Crippen LogP contribution in [0.3, 0.4) is 0 Å².